The van der Waals surface area contributed by atoms with Gasteiger partial charge in [-0.2, -0.15) is 0 Å². The highest BCUT2D eigenvalue weighted by Crippen LogP contribution is 2.24. The third kappa shape index (κ3) is 3.54. The average Bonchev–Trinajstić information content (AvgIpc) is 2.83. The molecule has 1 atom stereocenters. The molecule has 0 amide bonds. The lowest BCUT2D eigenvalue weighted by Crippen LogP contribution is -2.29. The smallest absolute Gasteiger partial charge is 0.0656 e. The molecule has 18 heavy (non-hydrogen) atoms. The Kier molecular flexibility index (Phi) is 5.17. The van der Waals surface area contributed by atoms with Crippen molar-refractivity contribution in [2.75, 3.05) is 0 Å². The summed E-state index contributed by atoms with van der Waals surface area (Å²) in [5, 5.41) is 2.17. The van der Waals surface area contributed by atoms with Gasteiger partial charge in [0.25, 0.3) is 0 Å². The normalized spacial score (nSPS) is 12.6. The van der Waals surface area contributed by atoms with Crippen molar-refractivity contribution in [1.82, 2.24) is 5.43 Å². The first-order chi connectivity index (χ1) is 8.72. The van der Waals surface area contributed by atoms with Crippen LogP contribution in [-0.4, -0.2) is 0 Å². The summed E-state index contributed by atoms with van der Waals surface area (Å²) in [4.78, 5) is 0. The van der Waals surface area contributed by atoms with Crippen LogP contribution >= 0.6 is 33.9 Å². The van der Waals surface area contributed by atoms with Crippen LogP contribution in [0.5, 0.6) is 0 Å². The highest BCUT2D eigenvalue weighted by molar-refractivity contribution is 14.1. The first kappa shape index (κ1) is 14.0. The van der Waals surface area contributed by atoms with Crippen LogP contribution in [0.3, 0.4) is 0 Å². The van der Waals surface area contributed by atoms with Gasteiger partial charge in [-0.1, -0.05) is 31.2 Å². The zero-order valence-corrected chi connectivity index (χ0v) is 13.3. The largest absolute Gasteiger partial charge is 0.271 e. The summed E-state index contributed by atoms with van der Waals surface area (Å²) in [6, 6.07) is 11.2. The van der Waals surface area contributed by atoms with E-state index in [9.17, 15) is 0 Å². The zero-order valence-electron chi connectivity index (χ0n) is 10.3. The molecule has 1 aromatic carbocycles. The van der Waals surface area contributed by atoms with Gasteiger partial charge >= 0.3 is 0 Å². The van der Waals surface area contributed by atoms with E-state index in [-0.39, 0.29) is 6.04 Å². The zero-order chi connectivity index (χ0) is 13.0. The molecule has 0 spiro atoms. The Morgan fingerprint density at radius 2 is 1.94 bits per heavy atom. The third-order valence-corrected chi connectivity index (χ3v) is 4.87. The number of hydrogen-bond acceptors (Lipinski definition) is 3. The van der Waals surface area contributed by atoms with Crippen molar-refractivity contribution in [2.45, 2.75) is 25.8 Å². The number of nitrogens with one attached hydrogen (secondary N) is 1. The molecule has 3 N–H and O–H groups in total. The maximum absolute atomic E-state index is 5.67. The SMILES string of the molecule is CCc1ccc(CC(NN)c2csc(I)c2)cc1. The molecule has 0 saturated carbocycles. The molecule has 1 unspecified atom stereocenters. The highest BCUT2D eigenvalue weighted by atomic mass is 127. The van der Waals surface area contributed by atoms with Crippen molar-refractivity contribution in [3.05, 3.63) is 55.3 Å². The first-order valence-electron chi connectivity index (χ1n) is 6.00. The monoisotopic (exact) mass is 372 g/mol. The predicted molar refractivity (Wildman–Crippen MR) is 86.6 cm³/mol. The van der Waals surface area contributed by atoms with Crippen molar-refractivity contribution in [3.63, 3.8) is 0 Å². The number of halogens is 1. The topological polar surface area (TPSA) is 38.0 Å². The molecule has 0 aliphatic rings. The Labute approximate surface area is 126 Å². The lowest BCUT2D eigenvalue weighted by atomic mass is 10.0. The fourth-order valence-corrected chi connectivity index (χ4v) is 3.35. The maximum atomic E-state index is 5.67. The third-order valence-electron chi connectivity index (χ3n) is 3.06. The molecule has 0 saturated heterocycles. The van der Waals surface area contributed by atoms with Crippen molar-refractivity contribution in [3.8, 4) is 0 Å². The van der Waals surface area contributed by atoms with Crippen LogP contribution < -0.4 is 11.3 Å². The van der Waals surface area contributed by atoms with E-state index in [1.165, 1.54) is 19.6 Å². The van der Waals surface area contributed by atoms with Gasteiger partial charge in [0.2, 0.25) is 0 Å². The molecular weight excluding hydrogens is 355 g/mol. The van der Waals surface area contributed by atoms with Gasteiger partial charge in [0.05, 0.1) is 8.93 Å². The summed E-state index contributed by atoms with van der Waals surface area (Å²) in [7, 11) is 0. The van der Waals surface area contributed by atoms with Gasteiger partial charge in [-0.25, -0.2) is 0 Å². The molecule has 0 aliphatic heterocycles. The number of rotatable bonds is 5. The van der Waals surface area contributed by atoms with E-state index < -0.39 is 0 Å². The lowest BCUT2D eigenvalue weighted by Gasteiger charge is -2.14. The molecule has 0 bridgehead atoms. The Bertz CT molecular complexity index is 493. The molecule has 96 valence electrons. The van der Waals surface area contributed by atoms with Gasteiger partial charge in [-0.05, 0) is 63.6 Å². The van der Waals surface area contributed by atoms with Gasteiger partial charge in [0.1, 0.15) is 0 Å². The number of thiophene rings is 1. The maximum Gasteiger partial charge on any atom is 0.0656 e. The van der Waals surface area contributed by atoms with Crippen LogP contribution in [0.1, 0.15) is 29.7 Å². The van der Waals surface area contributed by atoms with Crippen molar-refractivity contribution < 1.29 is 0 Å². The fourth-order valence-electron chi connectivity index (χ4n) is 1.93. The molecule has 2 nitrogen and oxygen atoms in total. The summed E-state index contributed by atoms with van der Waals surface area (Å²) < 4.78 is 1.30. The van der Waals surface area contributed by atoms with Gasteiger partial charge in [0.15, 0.2) is 0 Å². The van der Waals surface area contributed by atoms with Crippen molar-refractivity contribution >= 4 is 33.9 Å². The Balaban J connectivity index is 2.10. The van der Waals surface area contributed by atoms with E-state index in [1.807, 2.05) is 0 Å². The summed E-state index contributed by atoms with van der Waals surface area (Å²) in [6.45, 7) is 2.17. The van der Waals surface area contributed by atoms with Gasteiger partial charge in [-0.15, -0.1) is 11.3 Å². The number of benzene rings is 1. The van der Waals surface area contributed by atoms with Crippen LogP contribution in [0, 0.1) is 2.88 Å². The molecule has 0 fully saturated rings. The van der Waals surface area contributed by atoms with Gasteiger partial charge in [0, 0.05) is 0 Å². The Morgan fingerprint density at radius 3 is 2.44 bits per heavy atom. The molecule has 4 heteroatoms. The second-order valence-corrected chi connectivity index (χ2v) is 7.08. The van der Waals surface area contributed by atoms with Gasteiger partial charge in [-0.3, -0.25) is 11.3 Å². The Hall–Kier alpha value is -0.430. The summed E-state index contributed by atoms with van der Waals surface area (Å²) in [5.41, 5.74) is 6.87. The summed E-state index contributed by atoms with van der Waals surface area (Å²) >= 11 is 4.10. The van der Waals surface area contributed by atoms with Crippen molar-refractivity contribution in [1.29, 1.82) is 0 Å². The van der Waals surface area contributed by atoms with Gasteiger partial charge < -0.3 is 0 Å². The molecule has 0 aliphatic carbocycles. The van der Waals surface area contributed by atoms with E-state index in [0.29, 0.717) is 0 Å². The average molecular weight is 372 g/mol. The number of aryl methyl sites for hydroxylation is 1. The second kappa shape index (κ2) is 6.65. The van der Waals surface area contributed by atoms with Crippen LogP contribution in [0.15, 0.2) is 35.7 Å². The van der Waals surface area contributed by atoms with E-state index in [1.54, 1.807) is 11.3 Å². The van der Waals surface area contributed by atoms with Crippen LogP contribution in [0.4, 0.5) is 0 Å². The highest BCUT2D eigenvalue weighted by Gasteiger charge is 2.12. The minimum Gasteiger partial charge on any atom is -0.271 e. The summed E-state index contributed by atoms with van der Waals surface area (Å²) in [6.07, 6.45) is 2.01. The standard InChI is InChI=1S/C14H17IN2S/c1-2-10-3-5-11(6-4-10)7-13(17-16)12-8-14(15)18-9-12/h3-6,8-9,13,17H,2,7,16H2,1H3. The minimum atomic E-state index is 0.192. The van der Waals surface area contributed by atoms with E-state index in [0.717, 1.165) is 12.8 Å². The van der Waals surface area contributed by atoms with E-state index in [4.69, 9.17) is 5.84 Å². The minimum absolute atomic E-state index is 0.192. The fraction of sp³-hybridized carbons (Fsp3) is 0.286. The number of nitrogens with two attached hydrogens (primary N) is 1. The van der Waals surface area contributed by atoms with Crippen molar-refractivity contribution in [2.24, 2.45) is 5.84 Å². The quantitative estimate of drug-likeness (QED) is 0.478. The Morgan fingerprint density at radius 1 is 1.28 bits per heavy atom. The van der Waals surface area contributed by atoms with Crippen LogP contribution in [-0.2, 0) is 12.8 Å². The molecular formula is C14H17IN2S. The van der Waals surface area contributed by atoms with E-state index in [2.05, 4.69) is 70.7 Å². The molecule has 1 heterocycles. The molecule has 1 aromatic heterocycles. The molecule has 2 rings (SSSR count). The lowest BCUT2D eigenvalue weighted by molar-refractivity contribution is 0.553. The van der Waals surface area contributed by atoms with Crippen LogP contribution in [0.2, 0.25) is 0 Å². The first-order valence-corrected chi connectivity index (χ1v) is 7.96. The molecule has 0 radical (unpaired) electrons. The van der Waals surface area contributed by atoms with E-state index >= 15 is 0 Å². The van der Waals surface area contributed by atoms with Crippen LogP contribution in [0.25, 0.3) is 0 Å². The molecule has 2 aromatic rings. The predicted octanol–water partition coefficient (Wildman–Crippen LogP) is 3.66. The number of hydrazine groups is 1. The number of hydrogen-bond donors (Lipinski definition) is 2. The second-order valence-electron chi connectivity index (χ2n) is 4.28. The summed E-state index contributed by atoms with van der Waals surface area (Å²) in [5.74, 6) is 5.67.